The van der Waals surface area contributed by atoms with Crippen molar-refractivity contribution < 1.29 is 4.79 Å². The van der Waals surface area contributed by atoms with Crippen molar-refractivity contribution >= 4 is 5.91 Å². The molecule has 98 valence electrons. The number of likely N-dealkylation sites (tertiary alicyclic amines) is 1. The number of aromatic amines is 1. The van der Waals surface area contributed by atoms with Gasteiger partial charge in [0.05, 0.1) is 0 Å². The van der Waals surface area contributed by atoms with Gasteiger partial charge in [-0.05, 0) is 32.1 Å². The Morgan fingerprint density at radius 2 is 2.17 bits per heavy atom. The molecule has 1 saturated heterocycles. The molecule has 2 heterocycles. The number of carbonyl (C=O) groups excluding carboxylic acids is 1. The number of aromatic nitrogens is 1. The van der Waals surface area contributed by atoms with E-state index < -0.39 is 0 Å². The average molecular weight is 248 g/mol. The minimum Gasteiger partial charge on any atom is -0.364 e. The Bertz CT molecular complexity index is 493. The van der Waals surface area contributed by atoms with E-state index in [1.807, 2.05) is 11.8 Å². The van der Waals surface area contributed by atoms with E-state index in [-0.39, 0.29) is 16.9 Å². The Hall–Kier alpha value is -1.58. The first-order chi connectivity index (χ1) is 8.58. The summed E-state index contributed by atoms with van der Waals surface area (Å²) in [5.41, 5.74) is 0.852. The molecule has 1 amide bonds. The van der Waals surface area contributed by atoms with E-state index in [0.29, 0.717) is 5.92 Å². The normalized spacial score (nSPS) is 20.6. The second-order valence-electron chi connectivity index (χ2n) is 5.22. The highest BCUT2D eigenvalue weighted by Gasteiger charge is 2.21. The van der Waals surface area contributed by atoms with Gasteiger partial charge in [-0.2, -0.15) is 0 Å². The van der Waals surface area contributed by atoms with Crippen LogP contribution in [0.2, 0.25) is 0 Å². The van der Waals surface area contributed by atoms with Crippen molar-refractivity contribution in [3.63, 3.8) is 0 Å². The number of pyridine rings is 1. The highest BCUT2D eigenvalue weighted by molar-refractivity contribution is 5.93. The Balaban J connectivity index is 2.17. The van der Waals surface area contributed by atoms with Crippen molar-refractivity contribution in [3.8, 4) is 0 Å². The van der Waals surface area contributed by atoms with Crippen LogP contribution in [-0.2, 0) is 0 Å². The summed E-state index contributed by atoms with van der Waals surface area (Å²) >= 11 is 0. The maximum atomic E-state index is 12.3. The highest BCUT2D eigenvalue weighted by atomic mass is 16.2. The molecule has 1 fully saturated rings. The number of rotatable bonds is 1. The van der Waals surface area contributed by atoms with Gasteiger partial charge in [0, 0.05) is 31.0 Å². The van der Waals surface area contributed by atoms with Gasteiger partial charge in [-0.25, -0.2) is 0 Å². The third-order valence-corrected chi connectivity index (χ3v) is 3.59. The van der Waals surface area contributed by atoms with E-state index in [4.69, 9.17) is 0 Å². The van der Waals surface area contributed by atoms with Gasteiger partial charge >= 0.3 is 0 Å². The van der Waals surface area contributed by atoms with E-state index in [9.17, 15) is 9.59 Å². The monoisotopic (exact) mass is 248 g/mol. The number of carbonyl (C=O) groups is 1. The minimum absolute atomic E-state index is 0.134. The fourth-order valence-electron chi connectivity index (χ4n) is 2.38. The summed E-state index contributed by atoms with van der Waals surface area (Å²) in [6.07, 6.45) is 4.74. The van der Waals surface area contributed by atoms with Crippen LogP contribution in [0.25, 0.3) is 0 Å². The molecule has 0 saturated carbocycles. The maximum absolute atomic E-state index is 12.3. The van der Waals surface area contributed by atoms with Crippen LogP contribution >= 0.6 is 0 Å². The van der Waals surface area contributed by atoms with Gasteiger partial charge in [-0.15, -0.1) is 0 Å². The number of H-pyrrole nitrogens is 1. The first-order valence-electron chi connectivity index (χ1n) is 6.56. The second kappa shape index (κ2) is 5.38. The van der Waals surface area contributed by atoms with Crippen molar-refractivity contribution in [1.29, 1.82) is 0 Å². The zero-order valence-electron chi connectivity index (χ0n) is 11.0. The molecule has 2 rings (SSSR count). The highest BCUT2D eigenvalue weighted by Crippen LogP contribution is 2.17. The molecule has 1 aromatic heterocycles. The summed E-state index contributed by atoms with van der Waals surface area (Å²) in [6.45, 7) is 5.54. The van der Waals surface area contributed by atoms with Crippen molar-refractivity contribution in [2.24, 2.45) is 5.92 Å². The van der Waals surface area contributed by atoms with E-state index in [1.165, 1.54) is 12.3 Å². The van der Waals surface area contributed by atoms with Crippen molar-refractivity contribution in [2.45, 2.75) is 33.1 Å². The molecule has 0 aromatic carbocycles. The van der Waals surface area contributed by atoms with Crippen LogP contribution in [0.4, 0.5) is 0 Å². The number of aryl methyl sites for hydroxylation is 1. The molecule has 0 aliphatic carbocycles. The van der Waals surface area contributed by atoms with Crippen LogP contribution in [0.3, 0.4) is 0 Å². The molecule has 1 unspecified atom stereocenters. The quantitative estimate of drug-likeness (QED) is 0.825. The van der Waals surface area contributed by atoms with Crippen LogP contribution in [-0.4, -0.2) is 28.9 Å². The molecule has 4 heteroatoms. The van der Waals surface area contributed by atoms with Crippen LogP contribution in [0.5, 0.6) is 0 Å². The minimum atomic E-state index is -0.187. The van der Waals surface area contributed by atoms with Crippen LogP contribution < -0.4 is 5.43 Å². The molecule has 18 heavy (non-hydrogen) atoms. The van der Waals surface area contributed by atoms with Gasteiger partial charge in [0.15, 0.2) is 5.43 Å². The molecule has 0 spiro atoms. The molecule has 1 aliphatic heterocycles. The first kappa shape index (κ1) is 12.9. The van der Waals surface area contributed by atoms with Gasteiger partial charge in [0.1, 0.15) is 5.56 Å². The average Bonchev–Trinajstić information content (AvgIpc) is 2.53. The van der Waals surface area contributed by atoms with Gasteiger partial charge in [0.2, 0.25) is 0 Å². The van der Waals surface area contributed by atoms with Crippen molar-refractivity contribution in [3.05, 3.63) is 33.7 Å². The SMILES string of the molecule is Cc1cc(=O)c(C(=O)N2CCCC(C)CC2)c[nH]1. The zero-order chi connectivity index (χ0) is 13.1. The summed E-state index contributed by atoms with van der Waals surface area (Å²) < 4.78 is 0. The molecule has 0 radical (unpaired) electrons. The lowest BCUT2D eigenvalue weighted by atomic mass is 10.0. The maximum Gasteiger partial charge on any atom is 0.259 e. The molecule has 1 aromatic rings. The summed E-state index contributed by atoms with van der Waals surface area (Å²) in [5, 5.41) is 0. The molecule has 1 N–H and O–H groups in total. The van der Waals surface area contributed by atoms with Gasteiger partial charge < -0.3 is 9.88 Å². The number of nitrogens with zero attached hydrogens (tertiary/aromatic N) is 1. The number of hydrogen-bond donors (Lipinski definition) is 1. The second-order valence-corrected chi connectivity index (χ2v) is 5.22. The Labute approximate surface area is 107 Å². The topological polar surface area (TPSA) is 53.2 Å². The van der Waals surface area contributed by atoms with E-state index in [1.54, 1.807) is 0 Å². The van der Waals surface area contributed by atoms with Gasteiger partial charge in [-0.1, -0.05) is 6.92 Å². The Morgan fingerprint density at radius 3 is 2.89 bits per heavy atom. The van der Waals surface area contributed by atoms with Crippen molar-refractivity contribution in [2.75, 3.05) is 13.1 Å². The van der Waals surface area contributed by atoms with E-state index in [2.05, 4.69) is 11.9 Å². The lowest BCUT2D eigenvalue weighted by molar-refractivity contribution is 0.0758. The summed E-state index contributed by atoms with van der Waals surface area (Å²) in [5.74, 6) is 0.532. The lowest BCUT2D eigenvalue weighted by Crippen LogP contribution is -2.35. The number of amides is 1. The van der Waals surface area contributed by atoms with Crippen LogP contribution in [0, 0.1) is 12.8 Å². The largest absolute Gasteiger partial charge is 0.364 e. The van der Waals surface area contributed by atoms with Crippen molar-refractivity contribution in [1.82, 2.24) is 9.88 Å². The predicted octanol–water partition coefficient (Wildman–Crippen LogP) is 1.95. The fourth-order valence-corrected chi connectivity index (χ4v) is 2.38. The lowest BCUT2D eigenvalue weighted by Gasteiger charge is -2.20. The summed E-state index contributed by atoms with van der Waals surface area (Å²) in [4.78, 5) is 28.9. The summed E-state index contributed by atoms with van der Waals surface area (Å²) in [7, 11) is 0. The third-order valence-electron chi connectivity index (χ3n) is 3.59. The zero-order valence-corrected chi connectivity index (χ0v) is 11.0. The third kappa shape index (κ3) is 2.81. The first-order valence-corrected chi connectivity index (χ1v) is 6.56. The van der Waals surface area contributed by atoms with Gasteiger partial charge in [-0.3, -0.25) is 9.59 Å². The molecule has 1 atom stereocenters. The Morgan fingerprint density at radius 1 is 1.39 bits per heavy atom. The van der Waals surface area contributed by atoms with Crippen LogP contribution in [0.15, 0.2) is 17.1 Å². The molecule has 0 bridgehead atoms. The predicted molar refractivity (Wildman–Crippen MR) is 70.7 cm³/mol. The van der Waals surface area contributed by atoms with Crippen LogP contribution in [0.1, 0.15) is 42.2 Å². The van der Waals surface area contributed by atoms with Gasteiger partial charge in [0.25, 0.3) is 5.91 Å². The molecular formula is C14H20N2O2. The fraction of sp³-hybridized carbons (Fsp3) is 0.571. The van der Waals surface area contributed by atoms with E-state index >= 15 is 0 Å². The molecular weight excluding hydrogens is 228 g/mol. The smallest absolute Gasteiger partial charge is 0.259 e. The molecule has 4 nitrogen and oxygen atoms in total. The number of nitrogens with one attached hydrogen (secondary N) is 1. The molecule has 1 aliphatic rings. The Kier molecular flexibility index (Phi) is 3.84. The van der Waals surface area contributed by atoms with E-state index in [0.717, 1.165) is 38.0 Å². The summed E-state index contributed by atoms with van der Waals surface area (Å²) in [6, 6.07) is 1.48. The standard InChI is InChI=1S/C14H20N2O2/c1-10-4-3-6-16(7-5-10)14(18)12-9-15-11(2)8-13(12)17/h8-10H,3-7H2,1-2H3,(H,15,17). The number of hydrogen-bond acceptors (Lipinski definition) is 2.